The van der Waals surface area contributed by atoms with Gasteiger partial charge in [-0.15, -0.1) is 6.42 Å². The highest BCUT2D eigenvalue weighted by Crippen LogP contribution is 2.09. The summed E-state index contributed by atoms with van der Waals surface area (Å²) in [5.41, 5.74) is 1.41. The minimum atomic E-state index is -0.265. The Morgan fingerprint density at radius 3 is 3.06 bits per heavy atom. The van der Waals surface area contributed by atoms with Crippen LogP contribution in [0.3, 0.4) is 0 Å². The Kier molecular flexibility index (Phi) is 5.62. The predicted molar refractivity (Wildman–Crippen MR) is 67.9 cm³/mol. The van der Waals surface area contributed by atoms with Crippen LogP contribution in [0.2, 0.25) is 0 Å². The lowest BCUT2D eigenvalue weighted by Crippen LogP contribution is -2.31. The molecule has 0 saturated heterocycles. The highest BCUT2D eigenvalue weighted by molar-refractivity contribution is 5.89. The molecule has 0 aromatic heterocycles. The van der Waals surface area contributed by atoms with Crippen LogP contribution >= 0.6 is 0 Å². The number of carbonyl (C=O) groups is 1. The van der Waals surface area contributed by atoms with Crippen LogP contribution in [-0.2, 0) is 4.74 Å². The van der Waals surface area contributed by atoms with E-state index in [9.17, 15) is 4.79 Å². The lowest BCUT2D eigenvalue weighted by Gasteiger charge is -2.07. The molecule has 0 spiro atoms. The molecule has 4 nitrogen and oxygen atoms in total. The lowest BCUT2D eigenvalue weighted by molar-refractivity contribution is 0.150. The number of nitrogens with one attached hydrogen (secondary N) is 2. The largest absolute Gasteiger partial charge is 0.380 e. The third-order valence-electron chi connectivity index (χ3n) is 2.02. The normalized spacial score (nSPS) is 9.41. The fourth-order valence-electron chi connectivity index (χ4n) is 1.24. The van der Waals surface area contributed by atoms with Gasteiger partial charge in [-0.25, -0.2) is 4.79 Å². The van der Waals surface area contributed by atoms with Crippen LogP contribution in [0, 0.1) is 12.3 Å². The molecule has 2 N–H and O–H groups in total. The molecule has 4 heteroatoms. The maximum atomic E-state index is 11.4. The zero-order chi connectivity index (χ0) is 12.5. The van der Waals surface area contributed by atoms with Gasteiger partial charge >= 0.3 is 6.03 Å². The molecule has 0 fully saturated rings. The first kappa shape index (κ1) is 13.1. The molecule has 0 radical (unpaired) electrons. The van der Waals surface area contributed by atoms with E-state index in [1.807, 2.05) is 6.92 Å². The number of terminal acetylenes is 1. The molecule has 2 amide bonds. The van der Waals surface area contributed by atoms with E-state index in [1.165, 1.54) is 0 Å². The van der Waals surface area contributed by atoms with Crippen molar-refractivity contribution < 1.29 is 9.53 Å². The van der Waals surface area contributed by atoms with Crippen molar-refractivity contribution in [3.8, 4) is 12.3 Å². The summed E-state index contributed by atoms with van der Waals surface area (Å²) in [6.45, 7) is 3.54. The molecule has 1 aromatic carbocycles. The standard InChI is InChI=1S/C13H16N2O2/c1-3-11-6-5-7-12(10-11)15-13(16)14-8-9-17-4-2/h1,5-7,10H,4,8-9H2,2H3,(H2,14,15,16). The van der Waals surface area contributed by atoms with Gasteiger partial charge in [0.25, 0.3) is 0 Å². The van der Waals surface area contributed by atoms with Gasteiger partial charge in [0.1, 0.15) is 0 Å². The second-order valence-electron chi connectivity index (χ2n) is 3.30. The Labute approximate surface area is 101 Å². The summed E-state index contributed by atoms with van der Waals surface area (Å²) in [6.07, 6.45) is 5.27. The van der Waals surface area contributed by atoms with Gasteiger partial charge in [-0.05, 0) is 25.1 Å². The molecule has 0 atom stereocenters. The lowest BCUT2D eigenvalue weighted by atomic mass is 10.2. The molecule has 0 aliphatic heterocycles. The van der Waals surface area contributed by atoms with E-state index in [0.29, 0.717) is 25.4 Å². The number of amides is 2. The SMILES string of the molecule is C#Cc1cccc(NC(=O)NCCOCC)c1. The number of anilines is 1. The molecule has 0 bridgehead atoms. The number of ether oxygens (including phenoxy) is 1. The van der Waals surface area contributed by atoms with Gasteiger partial charge in [0.15, 0.2) is 0 Å². The van der Waals surface area contributed by atoms with E-state index < -0.39 is 0 Å². The summed E-state index contributed by atoms with van der Waals surface area (Å²) < 4.78 is 5.10. The van der Waals surface area contributed by atoms with E-state index in [4.69, 9.17) is 11.2 Å². The first-order valence-corrected chi connectivity index (χ1v) is 5.45. The molecule has 90 valence electrons. The Balaban J connectivity index is 2.37. The van der Waals surface area contributed by atoms with Crippen molar-refractivity contribution in [2.45, 2.75) is 6.92 Å². The maximum absolute atomic E-state index is 11.4. The van der Waals surface area contributed by atoms with Gasteiger partial charge in [0.2, 0.25) is 0 Å². The van der Waals surface area contributed by atoms with Crippen LogP contribution in [0.25, 0.3) is 0 Å². The van der Waals surface area contributed by atoms with Crippen LogP contribution in [0.4, 0.5) is 10.5 Å². The van der Waals surface area contributed by atoms with Crippen LogP contribution in [0.15, 0.2) is 24.3 Å². The van der Waals surface area contributed by atoms with E-state index in [1.54, 1.807) is 24.3 Å². The maximum Gasteiger partial charge on any atom is 0.319 e. The minimum absolute atomic E-state index is 0.265. The number of benzene rings is 1. The number of rotatable bonds is 5. The fraction of sp³-hybridized carbons (Fsp3) is 0.308. The Bertz CT molecular complexity index is 410. The van der Waals surface area contributed by atoms with Gasteiger partial charge < -0.3 is 15.4 Å². The van der Waals surface area contributed by atoms with E-state index >= 15 is 0 Å². The average molecular weight is 232 g/mol. The highest BCUT2D eigenvalue weighted by atomic mass is 16.5. The first-order valence-electron chi connectivity index (χ1n) is 5.45. The molecule has 0 heterocycles. The molecule has 0 unspecified atom stereocenters. The van der Waals surface area contributed by atoms with Gasteiger partial charge in [0, 0.05) is 24.4 Å². The van der Waals surface area contributed by atoms with Gasteiger partial charge in [-0.1, -0.05) is 12.0 Å². The van der Waals surface area contributed by atoms with Crippen LogP contribution < -0.4 is 10.6 Å². The fourth-order valence-corrected chi connectivity index (χ4v) is 1.24. The summed E-state index contributed by atoms with van der Waals surface area (Å²) in [5.74, 6) is 2.51. The van der Waals surface area contributed by atoms with Crippen molar-refractivity contribution >= 4 is 11.7 Å². The zero-order valence-corrected chi connectivity index (χ0v) is 9.82. The Morgan fingerprint density at radius 2 is 2.35 bits per heavy atom. The zero-order valence-electron chi connectivity index (χ0n) is 9.82. The number of carbonyl (C=O) groups excluding carboxylic acids is 1. The molecule has 1 aromatic rings. The monoisotopic (exact) mass is 232 g/mol. The quantitative estimate of drug-likeness (QED) is 0.601. The molecule has 17 heavy (non-hydrogen) atoms. The van der Waals surface area contributed by atoms with Crippen molar-refractivity contribution in [2.24, 2.45) is 0 Å². The Morgan fingerprint density at radius 1 is 1.53 bits per heavy atom. The smallest absolute Gasteiger partial charge is 0.319 e. The van der Waals surface area contributed by atoms with Crippen LogP contribution in [-0.4, -0.2) is 25.8 Å². The second kappa shape index (κ2) is 7.31. The van der Waals surface area contributed by atoms with Crippen LogP contribution in [0.5, 0.6) is 0 Å². The van der Waals surface area contributed by atoms with Crippen molar-refractivity contribution in [1.82, 2.24) is 5.32 Å². The number of hydrogen-bond donors (Lipinski definition) is 2. The average Bonchev–Trinajstić information content (AvgIpc) is 2.35. The molecule has 1 rings (SSSR count). The molecular weight excluding hydrogens is 216 g/mol. The van der Waals surface area contributed by atoms with E-state index in [-0.39, 0.29) is 6.03 Å². The second-order valence-corrected chi connectivity index (χ2v) is 3.30. The number of hydrogen-bond acceptors (Lipinski definition) is 2. The highest BCUT2D eigenvalue weighted by Gasteiger charge is 2.00. The summed E-state index contributed by atoms with van der Waals surface area (Å²) in [6, 6.07) is 6.85. The van der Waals surface area contributed by atoms with Gasteiger partial charge in [-0.3, -0.25) is 0 Å². The summed E-state index contributed by atoms with van der Waals surface area (Å²) in [7, 11) is 0. The van der Waals surface area contributed by atoms with Gasteiger partial charge in [-0.2, -0.15) is 0 Å². The van der Waals surface area contributed by atoms with Crippen molar-refractivity contribution in [1.29, 1.82) is 0 Å². The Hall–Kier alpha value is -1.99. The van der Waals surface area contributed by atoms with Crippen molar-refractivity contribution in [2.75, 3.05) is 25.1 Å². The predicted octanol–water partition coefficient (Wildman–Crippen LogP) is 1.83. The third kappa shape index (κ3) is 5.05. The molecule has 0 aliphatic rings. The first-order chi connectivity index (χ1) is 8.26. The van der Waals surface area contributed by atoms with Gasteiger partial charge in [0.05, 0.1) is 6.61 Å². The summed E-state index contributed by atoms with van der Waals surface area (Å²) in [4.78, 5) is 11.4. The topological polar surface area (TPSA) is 50.4 Å². The molecule has 0 aliphatic carbocycles. The number of urea groups is 1. The molecule has 0 saturated carbocycles. The minimum Gasteiger partial charge on any atom is -0.380 e. The summed E-state index contributed by atoms with van der Waals surface area (Å²) >= 11 is 0. The summed E-state index contributed by atoms with van der Waals surface area (Å²) in [5, 5.41) is 5.37. The van der Waals surface area contributed by atoms with Crippen molar-refractivity contribution in [3.63, 3.8) is 0 Å². The van der Waals surface area contributed by atoms with E-state index in [2.05, 4.69) is 16.6 Å². The van der Waals surface area contributed by atoms with Crippen LogP contribution in [0.1, 0.15) is 12.5 Å². The van der Waals surface area contributed by atoms with Crippen molar-refractivity contribution in [3.05, 3.63) is 29.8 Å². The van der Waals surface area contributed by atoms with E-state index in [0.717, 1.165) is 5.56 Å². The third-order valence-corrected chi connectivity index (χ3v) is 2.02. The molecular formula is C13H16N2O2.